The van der Waals surface area contributed by atoms with Crippen molar-refractivity contribution >= 4 is 22.5 Å². The summed E-state index contributed by atoms with van der Waals surface area (Å²) in [5.41, 5.74) is -1.44. The smallest absolute Gasteiger partial charge is 0.416 e. The number of phenolic OH excluding ortho intramolecular Hbond substituents is 1. The number of rotatable bonds is 6. The molecule has 206 valence electrons. The zero-order chi connectivity index (χ0) is 28.8. The number of ketones is 1. The van der Waals surface area contributed by atoms with E-state index in [1.54, 1.807) is 24.3 Å². The van der Waals surface area contributed by atoms with Gasteiger partial charge >= 0.3 is 12.1 Å². The SMILES string of the molecule is COC(=O)c1c(C(=O)c2ccc(C(F)(F)F)cc2)c(O)c2cc3c(cc2c1-c1ccc(OC)cc1OC)OCO3. The Balaban J connectivity index is 1.88. The first-order valence-electron chi connectivity index (χ1n) is 11.7. The van der Waals surface area contributed by atoms with Gasteiger partial charge < -0.3 is 28.8 Å². The molecule has 4 aromatic rings. The number of halogens is 3. The van der Waals surface area contributed by atoms with Crippen LogP contribution < -0.4 is 18.9 Å². The first-order chi connectivity index (χ1) is 19.1. The van der Waals surface area contributed by atoms with Gasteiger partial charge in [0.05, 0.1) is 38.0 Å². The number of carbonyl (C=O) groups is 2. The average molecular weight is 554 g/mol. The van der Waals surface area contributed by atoms with Gasteiger partial charge in [0.1, 0.15) is 17.2 Å². The van der Waals surface area contributed by atoms with E-state index in [0.29, 0.717) is 22.4 Å². The lowest BCUT2D eigenvalue weighted by molar-refractivity contribution is -0.137. The van der Waals surface area contributed by atoms with Crippen molar-refractivity contribution in [3.63, 3.8) is 0 Å². The second-order valence-electron chi connectivity index (χ2n) is 8.69. The van der Waals surface area contributed by atoms with Crippen LogP contribution in [0, 0.1) is 0 Å². The van der Waals surface area contributed by atoms with Crippen molar-refractivity contribution in [3.8, 4) is 39.9 Å². The molecule has 1 aliphatic heterocycles. The number of carbonyl (C=O) groups excluding carboxylic acids is 2. The monoisotopic (exact) mass is 554 g/mol. The van der Waals surface area contributed by atoms with Gasteiger partial charge in [-0.1, -0.05) is 12.1 Å². The molecule has 0 saturated heterocycles. The fraction of sp³-hybridized carbons (Fsp3) is 0.172. The fourth-order valence-corrected chi connectivity index (χ4v) is 4.62. The molecule has 0 spiro atoms. The molecule has 40 heavy (non-hydrogen) atoms. The van der Waals surface area contributed by atoms with E-state index in [-0.39, 0.29) is 40.4 Å². The Bertz CT molecular complexity index is 1660. The highest BCUT2D eigenvalue weighted by Gasteiger charge is 2.34. The molecule has 0 amide bonds. The zero-order valence-electron chi connectivity index (χ0n) is 21.3. The van der Waals surface area contributed by atoms with Crippen LogP contribution in [0.1, 0.15) is 31.8 Å². The van der Waals surface area contributed by atoms with Crippen LogP contribution in [0.25, 0.3) is 21.9 Å². The summed E-state index contributed by atoms with van der Waals surface area (Å²) in [7, 11) is 3.97. The Morgan fingerprint density at radius 2 is 1.50 bits per heavy atom. The Morgan fingerprint density at radius 3 is 2.08 bits per heavy atom. The molecule has 0 aliphatic carbocycles. The molecule has 0 aromatic heterocycles. The topological polar surface area (TPSA) is 101 Å². The van der Waals surface area contributed by atoms with Crippen LogP contribution in [0.2, 0.25) is 0 Å². The Labute approximate surface area is 225 Å². The normalized spacial score (nSPS) is 12.3. The highest BCUT2D eigenvalue weighted by atomic mass is 19.4. The fourth-order valence-electron chi connectivity index (χ4n) is 4.62. The summed E-state index contributed by atoms with van der Waals surface area (Å²) in [5, 5.41) is 11.9. The number of benzene rings is 4. The number of aromatic hydroxyl groups is 1. The Hall–Kier alpha value is -4.93. The molecule has 1 heterocycles. The number of ether oxygens (including phenoxy) is 5. The van der Waals surface area contributed by atoms with Gasteiger partial charge in [-0.25, -0.2) is 4.79 Å². The number of alkyl halides is 3. The van der Waals surface area contributed by atoms with Crippen molar-refractivity contribution in [2.75, 3.05) is 28.1 Å². The molecular formula is C29H21F3O8. The lowest BCUT2D eigenvalue weighted by Crippen LogP contribution is -2.15. The predicted molar refractivity (Wildman–Crippen MR) is 136 cm³/mol. The van der Waals surface area contributed by atoms with Crippen LogP contribution in [0.3, 0.4) is 0 Å². The van der Waals surface area contributed by atoms with Gasteiger partial charge in [-0.05, 0) is 41.8 Å². The molecule has 8 nitrogen and oxygen atoms in total. The summed E-state index contributed by atoms with van der Waals surface area (Å²) >= 11 is 0. The van der Waals surface area contributed by atoms with E-state index in [0.717, 1.165) is 31.4 Å². The van der Waals surface area contributed by atoms with Gasteiger partial charge in [0, 0.05) is 28.1 Å². The minimum Gasteiger partial charge on any atom is -0.506 e. The third-order valence-corrected chi connectivity index (χ3v) is 6.54. The molecule has 0 fully saturated rings. The highest BCUT2D eigenvalue weighted by Crippen LogP contribution is 2.49. The van der Waals surface area contributed by atoms with Crippen LogP contribution in [0.4, 0.5) is 13.2 Å². The lowest BCUT2D eigenvalue weighted by atomic mass is 9.85. The first-order valence-corrected chi connectivity index (χ1v) is 11.7. The highest BCUT2D eigenvalue weighted by molar-refractivity contribution is 6.24. The van der Waals surface area contributed by atoms with E-state index in [9.17, 15) is 27.9 Å². The summed E-state index contributed by atoms with van der Waals surface area (Å²) in [6.07, 6.45) is -4.62. The van der Waals surface area contributed by atoms with Crippen molar-refractivity contribution in [2.24, 2.45) is 0 Å². The third-order valence-electron chi connectivity index (χ3n) is 6.54. The molecule has 0 unspecified atom stereocenters. The quantitative estimate of drug-likeness (QED) is 0.229. The molecule has 1 aliphatic rings. The van der Waals surface area contributed by atoms with Crippen molar-refractivity contribution < 1.29 is 51.6 Å². The summed E-state index contributed by atoms with van der Waals surface area (Å²) in [4.78, 5) is 27.2. The molecule has 4 aromatic carbocycles. The average Bonchev–Trinajstić information content (AvgIpc) is 3.42. The number of phenols is 1. The molecule has 11 heteroatoms. The molecule has 5 rings (SSSR count). The second-order valence-corrected chi connectivity index (χ2v) is 8.69. The van der Waals surface area contributed by atoms with Gasteiger partial charge in [0.25, 0.3) is 0 Å². The number of hydrogen-bond donors (Lipinski definition) is 1. The molecular weight excluding hydrogens is 533 g/mol. The van der Waals surface area contributed by atoms with E-state index in [2.05, 4.69) is 0 Å². The second kappa shape index (κ2) is 9.99. The maximum atomic E-state index is 13.8. The van der Waals surface area contributed by atoms with Crippen LogP contribution in [0.15, 0.2) is 54.6 Å². The van der Waals surface area contributed by atoms with Crippen molar-refractivity contribution in [3.05, 3.63) is 76.9 Å². The third kappa shape index (κ3) is 4.39. The number of methoxy groups -OCH3 is 3. The largest absolute Gasteiger partial charge is 0.506 e. The molecule has 1 N–H and O–H groups in total. The summed E-state index contributed by atoms with van der Waals surface area (Å²) in [5.74, 6) is -1.13. The van der Waals surface area contributed by atoms with Crippen LogP contribution >= 0.6 is 0 Å². The molecule has 0 bridgehead atoms. The number of hydrogen-bond acceptors (Lipinski definition) is 8. The Morgan fingerprint density at radius 1 is 0.850 bits per heavy atom. The predicted octanol–water partition coefficient (Wildman–Crippen LogP) is 5.99. The zero-order valence-corrected chi connectivity index (χ0v) is 21.3. The lowest BCUT2D eigenvalue weighted by Gasteiger charge is -2.20. The summed E-state index contributed by atoms with van der Waals surface area (Å²) in [6.45, 7) is -0.0885. The van der Waals surface area contributed by atoms with E-state index >= 15 is 0 Å². The van der Waals surface area contributed by atoms with Crippen molar-refractivity contribution in [1.82, 2.24) is 0 Å². The summed E-state index contributed by atoms with van der Waals surface area (Å²) < 4.78 is 66.3. The van der Waals surface area contributed by atoms with E-state index in [1.165, 1.54) is 20.3 Å². The van der Waals surface area contributed by atoms with Crippen molar-refractivity contribution in [1.29, 1.82) is 0 Å². The first kappa shape index (κ1) is 26.7. The summed E-state index contributed by atoms with van der Waals surface area (Å²) in [6, 6.07) is 11.2. The van der Waals surface area contributed by atoms with Crippen LogP contribution in [0.5, 0.6) is 28.7 Å². The Kier molecular flexibility index (Phi) is 6.66. The maximum absolute atomic E-state index is 13.8. The van der Waals surface area contributed by atoms with Gasteiger partial charge in [0.15, 0.2) is 17.3 Å². The molecule has 0 radical (unpaired) electrons. The van der Waals surface area contributed by atoms with Crippen LogP contribution in [-0.4, -0.2) is 45.0 Å². The van der Waals surface area contributed by atoms with Crippen LogP contribution in [-0.2, 0) is 10.9 Å². The number of fused-ring (bicyclic) bond motifs is 2. The van der Waals surface area contributed by atoms with Crippen molar-refractivity contribution in [2.45, 2.75) is 6.18 Å². The molecule has 0 saturated carbocycles. The van der Waals surface area contributed by atoms with Gasteiger partial charge in [0.2, 0.25) is 6.79 Å². The standard InChI is InChI=1S/C29H21F3O8/c1-36-16-8-9-17(20(10-16)37-2)23-18-11-21-22(40-13-39-21)12-19(18)27(34)25(24(23)28(35)38-3)26(33)14-4-6-15(7-5-14)29(30,31)32/h4-12,34H,13H2,1-3H3. The minimum atomic E-state index is -4.62. The van der Waals surface area contributed by atoms with Gasteiger partial charge in [-0.15, -0.1) is 0 Å². The van der Waals surface area contributed by atoms with E-state index in [4.69, 9.17) is 23.7 Å². The van der Waals surface area contributed by atoms with Gasteiger partial charge in [-0.2, -0.15) is 13.2 Å². The molecule has 0 atom stereocenters. The van der Waals surface area contributed by atoms with Gasteiger partial charge in [-0.3, -0.25) is 4.79 Å². The maximum Gasteiger partial charge on any atom is 0.416 e. The van der Waals surface area contributed by atoms with E-state index < -0.39 is 34.8 Å². The number of esters is 1. The van der Waals surface area contributed by atoms with E-state index in [1.807, 2.05) is 0 Å². The minimum absolute atomic E-state index is 0.0885.